The fraction of sp³-hybridized carbons (Fsp3) is 1.00. The molecule has 0 saturated carbocycles. The first kappa shape index (κ1) is 29.2. The maximum absolute atomic E-state index is 8.22. The first-order valence-electron chi connectivity index (χ1n) is 3.23. The Balaban J connectivity index is -0.0000000293. The average molecular weight is 271 g/mol. The molecule has 0 aliphatic heterocycles. The van der Waals surface area contributed by atoms with Crippen LogP contribution in [-0.4, -0.2) is 36.6 Å². The van der Waals surface area contributed by atoms with Gasteiger partial charge >= 0.3 is 27.5 Å². The van der Waals surface area contributed by atoms with Crippen molar-refractivity contribution in [3.05, 3.63) is 32.7 Å². The third-order valence-electron chi connectivity index (χ3n) is 0.250. The molecule has 0 aromatic carbocycles. The predicted molar refractivity (Wildman–Crippen MR) is 55.6 cm³/mol. The molecule has 0 amide bonds. The Morgan fingerprint density at radius 2 is 0.800 bits per heavy atom. The van der Waals surface area contributed by atoms with E-state index in [0.717, 1.165) is 0 Å². The van der Waals surface area contributed by atoms with E-state index in [1.165, 1.54) is 10.7 Å². The van der Waals surface area contributed by atoms with E-state index in [0.29, 0.717) is 0 Å². The van der Waals surface area contributed by atoms with Gasteiger partial charge in [0.1, 0.15) is 0 Å². The molecule has 0 radical (unpaired) electrons. The van der Waals surface area contributed by atoms with Gasteiger partial charge in [0.2, 0.25) is 9.81 Å². The molecule has 0 atom stereocenters. The fourth-order valence-electron chi connectivity index (χ4n) is 0. The van der Waals surface area contributed by atoms with Gasteiger partial charge in [-0.25, -0.2) is 0 Å². The van der Waals surface area contributed by atoms with E-state index in [-0.39, 0.29) is 43.0 Å². The van der Waals surface area contributed by atoms with Crippen LogP contribution in [0.15, 0.2) is 10.7 Å². The number of rotatable bonds is 2. The normalized spacial score (nSPS) is 5.60. The molecule has 0 spiro atoms. The molecule has 0 heterocycles. The van der Waals surface area contributed by atoms with Gasteiger partial charge in [0.15, 0.2) is 0 Å². The fourth-order valence-corrected chi connectivity index (χ4v) is 0. The molecular formula is C4H16CoN6O4+. The SMILES string of the molecule is O=N[OH2+].O=N[OH2+].[Co+3].[NH-]CC[NH-].[NH-]CC[NH-]. The molecule has 0 bridgehead atoms. The largest absolute Gasteiger partial charge is 3.00 e. The van der Waals surface area contributed by atoms with Crippen LogP contribution < -0.4 is 0 Å². The molecule has 0 saturated heterocycles. The Hall–Kier alpha value is -0.854. The minimum atomic E-state index is 0. The monoisotopic (exact) mass is 271 g/mol. The average Bonchev–Trinajstić information content (AvgIpc) is 2.20. The number of hydrogen-bond donors (Lipinski definition) is 0. The Morgan fingerprint density at radius 3 is 0.800 bits per heavy atom. The molecule has 0 aliphatic rings. The van der Waals surface area contributed by atoms with Crippen LogP contribution >= 0.6 is 0 Å². The molecular weight excluding hydrogens is 255 g/mol. The van der Waals surface area contributed by atoms with Crippen LogP contribution in [0.5, 0.6) is 0 Å². The van der Waals surface area contributed by atoms with Crippen molar-refractivity contribution in [2.45, 2.75) is 0 Å². The van der Waals surface area contributed by atoms with Crippen LogP contribution in [0.25, 0.3) is 22.9 Å². The van der Waals surface area contributed by atoms with E-state index >= 15 is 0 Å². The maximum atomic E-state index is 8.22. The molecule has 0 aromatic heterocycles. The Kier molecular flexibility index (Phi) is 143. The van der Waals surface area contributed by atoms with E-state index in [1.54, 1.807) is 0 Å². The zero-order valence-electron chi connectivity index (χ0n) is 7.87. The quantitative estimate of drug-likeness (QED) is 0.409. The van der Waals surface area contributed by atoms with Gasteiger partial charge in [-0.15, -0.1) is 0 Å². The van der Waals surface area contributed by atoms with Crippen LogP contribution in [0.2, 0.25) is 0 Å². The smallest absolute Gasteiger partial charge is 0.679 e. The molecule has 0 fully saturated rings. The summed E-state index contributed by atoms with van der Waals surface area (Å²) in [5, 5.41) is 13.6. The van der Waals surface area contributed by atoms with Crippen molar-refractivity contribution in [1.29, 1.82) is 0 Å². The first-order chi connectivity index (χ1) is 6.66. The van der Waals surface area contributed by atoms with Crippen LogP contribution in [0.3, 0.4) is 0 Å². The summed E-state index contributed by atoms with van der Waals surface area (Å²) in [4.78, 5) is 16.4. The van der Waals surface area contributed by atoms with Crippen LogP contribution in [0.1, 0.15) is 0 Å². The van der Waals surface area contributed by atoms with Gasteiger partial charge in [0.25, 0.3) is 0 Å². The molecule has 0 unspecified atom stereocenters. The minimum Gasteiger partial charge on any atom is -0.679 e. The van der Waals surface area contributed by atoms with Crippen molar-refractivity contribution in [2.75, 3.05) is 26.2 Å². The summed E-state index contributed by atoms with van der Waals surface area (Å²) < 4.78 is 0. The molecule has 15 heavy (non-hydrogen) atoms. The molecule has 0 aromatic rings. The Bertz CT molecular complexity index is 75.5. The van der Waals surface area contributed by atoms with Gasteiger partial charge in [-0.3, -0.25) is 0 Å². The number of nitrogens with zero attached hydrogens (tertiary/aromatic N) is 2. The van der Waals surface area contributed by atoms with Crippen LogP contribution in [0.4, 0.5) is 0 Å². The van der Waals surface area contributed by atoms with Crippen molar-refractivity contribution < 1.29 is 27.2 Å². The third kappa shape index (κ3) is 1240. The third-order valence-corrected chi connectivity index (χ3v) is 0.250. The Labute approximate surface area is 97.4 Å². The van der Waals surface area contributed by atoms with E-state index in [4.69, 9.17) is 43.2 Å². The summed E-state index contributed by atoms with van der Waals surface area (Å²) in [6.45, 7) is 0.944. The summed E-state index contributed by atoms with van der Waals surface area (Å²) in [7, 11) is 0. The molecule has 0 rings (SSSR count). The van der Waals surface area contributed by atoms with Crippen molar-refractivity contribution >= 4 is 0 Å². The summed E-state index contributed by atoms with van der Waals surface area (Å²) in [5.74, 6) is 0. The van der Waals surface area contributed by atoms with Gasteiger partial charge in [0, 0.05) is 0 Å². The number of hydrogen-bond acceptors (Lipinski definition) is 4. The van der Waals surface area contributed by atoms with E-state index < -0.39 is 0 Å². The molecule has 8 N–H and O–H groups in total. The summed E-state index contributed by atoms with van der Waals surface area (Å²) in [5.41, 5.74) is 25.1. The second-order valence-electron chi connectivity index (χ2n) is 1.18. The maximum Gasteiger partial charge on any atom is 3.00 e. The Morgan fingerprint density at radius 1 is 0.733 bits per heavy atom. The van der Waals surface area contributed by atoms with Crippen LogP contribution in [0, 0.1) is 9.81 Å². The molecule has 10 nitrogen and oxygen atoms in total. The predicted octanol–water partition coefficient (Wildman–Crippen LogP) is 0.964. The summed E-state index contributed by atoms with van der Waals surface area (Å²) in [6, 6.07) is 0. The first-order valence-corrected chi connectivity index (χ1v) is 3.23. The van der Waals surface area contributed by atoms with Crippen molar-refractivity contribution in [1.82, 2.24) is 0 Å². The van der Waals surface area contributed by atoms with Gasteiger partial charge in [-0.2, -0.15) is 26.2 Å². The van der Waals surface area contributed by atoms with Crippen LogP contribution in [-0.2, 0) is 16.8 Å². The van der Waals surface area contributed by atoms with Crippen molar-refractivity contribution in [3.8, 4) is 0 Å². The minimum absolute atomic E-state index is 0. The van der Waals surface area contributed by atoms with Crippen molar-refractivity contribution in [3.63, 3.8) is 0 Å². The van der Waals surface area contributed by atoms with Crippen molar-refractivity contribution in [2.24, 2.45) is 10.7 Å². The number of nitrogens with one attached hydrogen (secondary N) is 4. The molecule has 94 valence electrons. The topological polar surface area (TPSA) is 200 Å². The summed E-state index contributed by atoms with van der Waals surface area (Å²) in [6.07, 6.45) is 0. The van der Waals surface area contributed by atoms with E-state index in [2.05, 4.69) is 0 Å². The van der Waals surface area contributed by atoms with Gasteiger partial charge in [-0.1, -0.05) is 0 Å². The van der Waals surface area contributed by atoms with Gasteiger partial charge in [-0.05, 0) is 0 Å². The van der Waals surface area contributed by atoms with Gasteiger partial charge < -0.3 is 33.3 Å². The van der Waals surface area contributed by atoms with E-state index in [9.17, 15) is 0 Å². The zero-order chi connectivity index (χ0) is 12.2. The second kappa shape index (κ2) is 73.2. The molecule has 0 aliphatic carbocycles. The van der Waals surface area contributed by atoms with Gasteiger partial charge in [0.05, 0.1) is 0 Å². The second-order valence-corrected chi connectivity index (χ2v) is 1.18. The molecule has 11 heteroatoms. The standard InChI is InChI=1S/2C2H6N2.Co.2HNO2/c2*3-1-2-4;;2*2-1-3/h2*3-4H,1-2H2;;2*(H,2,3)/q2*-2;+3;;/p+2. The summed E-state index contributed by atoms with van der Waals surface area (Å²) >= 11 is 0. The zero-order valence-corrected chi connectivity index (χ0v) is 8.91. The van der Waals surface area contributed by atoms with E-state index in [1.807, 2.05) is 0 Å².